The molecule has 21 heavy (non-hydrogen) atoms. The average molecular weight is 301 g/mol. The summed E-state index contributed by atoms with van der Waals surface area (Å²) in [6.45, 7) is 1.67. The fourth-order valence-electron chi connectivity index (χ4n) is 2.41. The van der Waals surface area contributed by atoms with Crippen LogP contribution >= 0.6 is 11.3 Å². The van der Waals surface area contributed by atoms with Gasteiger partial charge >= 0.3 is 5.97 Å². The number of benzene rings is 1. The van der Waals surface area contributed by atoms with E-state index in [0.29, 0.717) is 27.2 Å². The molecule has 0 aliphatic carbocycles. The van der Waals surface area contributed by atoms with E-state index in [2.05, 4.69) is 4.98 Å². The maximum Gasteiger partial charge on any atom is 0.335 e. The van der Waals surface area contributed by atoms with E-state index in [1.807, 2.05) is 0 Å². The normalized spacial score (nSPS) is 11.1. The molecule has 0 atom stereocenters. The number of nitrogen functional groups attached to an aromatic ring is 1. The summed E-state index contributed by atoms with van der Waals surface area (Å²) in [5.74, 6) is -1.27. The van der Waals surface area contributed by atoms with Crippen molar-refractivity contribution >= 4 is 49.2 Å². The number of carboxylic acid groups (broad SMARTS) is 1. The second-order valence-electron chi connectivity index (χ2n) is 4.64. The van der Waals surface area contributed by atoms with Gasteiger partial charge in [-0.15, -0.1) is 11.3 Å². The second kappa shape index (κ2) is 4.42. The van der Waals surface area contributed by atoms with Gasteiger partial charge in [0.2, 0.25) is 0 Å². The van der Waals surface area contributed by atoms with E-state index in [-0.39, 0.29) is 5.56 Å². The molecule has 5 N–H and O–H groups in total. The predicted octanol–water partition coefficient (Wildman–Crippen LogP) is 2.14. The van der Waals surface area contributed by atoms with E-state index in [4.69, 9.17) is 16.6 Å². The molecule has 0 unspecified atom stereocenters. The lowest BCUT2D eigenvalue weighted by Gasteiger charge is -2.05. The van der Waals surface area contributed by atoms with Crippen molar-refractivity contribution in [2.24, 2.45) is 5.73 Å². The van der Waals surface area contributed by atoms with Crippen molar-refractivity contribution in [3.63, 3.8) is 0 Å². The molecule has 0 bridgehead atoms. The Morgan fingerprint density at radius 3 is 2.67 bits per heavy atom. The third-order valence-electron chi connectivity index (χ3n) is 3.32. The highest BCUT2D eigenvalue weighted by molar-refractivity contribution is 7.26. The fraction of sp³-hybridized carbons (Fsp3) is 0.0714. The van der Waals surface area contributed by atoms with Crippen LogP contribution in [-0.4, -0.2) is 22.0 Å². The monoisotopic (exact) mass is 301 g/mol. The van der Waals surface area contributed by atoms with Gasteiger partial charge in [0, 0.05) is 15.5 Å². The molecule has 0 saturated carbocycles. The molecule has 0 aliphatic heterocycles. The molecule has 2 heterocycles. The zero-order chi connectivity index (χ0) is 15.3. The Morgan fingerprint density at radius 1 is 1.33 bits per heavy atom. The molecule has 0 saturated heterocycles. The number of hydrogen-bond acceptors (Lipinski definition) is 5. The van der Waals surface area contributed by atoms with Crippen LogP contribution in [0.5, 0.6) is 0 Å². The van der Waals surface area contributed by atoms with Crippen molar-refractivity contribution < 1.29 is 14.7 Å². The van der Waals surface area contributed by atoms with Crippen LogP contribution in [0.25, 0.3) is 20.2 Å². The second-order valence-corrected chi connectivity index (χ2v) is 5.70. The number of nitrogens with zero attached hydrogens (tertiary/aromatic N) is 1. The first kappa shape index (κ1) is 13.3. The summed E-state index contributed by atoms with van der Waals surface area (Å²) in [6, 6.07) is 4.73. The molecule has 0 aliphatic rings. The number of thiophene rings is 1. The van der Waals surface area contributed by atoms with Gasteiger partial charge in [-0.2, -0.15) is 0 Å². The molecule has 1 amide bonds. The van der Waals surface area contributed by atoms with Crippen LogP contribution in [0.15, 0.2) is 18.2 Å². The Hall–Kier alpha value is -2.67. The number of carbonyl (C=O) groups excluding carboxylic acids is 1. The number of anilines is 1. The SMILES string of the molecule is Cc1nc(N)c2c(sc3cc(C(=O)O)ccc32)c1C(N)=O. The van der Waals surface area contributed by atoms with Crippen molar-refractivity contribution in [3.05, 3.63) is 35.0 Å². The van der Waals surface area contributed by atoms with Crippen molar-refractivity contribution in [1.29, 1.82) is 0 Å². The number of amides is 1. The predicted molar refractivity (Wildman–Crippen MR) is 81.8 cm³/mol. The molecule has 6 nitrogen and oxygen atoms in total. The Morgan fingerprint density at radius 2 is 2.05 bits per heavy atom. The smallest absolute Gasteiger partial charge is 0.335 e. The number of pyridine rings is 1. The molecule has 1 aromatic carbocycles. The number of rotatable bonds is 2. The summed E-state index contributed by atoms with van der Waals surface area (Å²) in [7, 11) is 0. The summed E-state index contributed by atoms with van der Waals surface area (Å²) >= 11 is 1.29. The number of aromatic nitrogens is 1. The number of hydrogen-bond donors (Lipinski definition) is 3. The molecule has 0 fully saturated rings. The molecule has 0 radical (unpaired) electrons. The number of carboxylic acids is 1. The largest absolute Gasteiger partial charge is 0.478 e. The molecule has 0 spiro atoms. The lowest BCUT2D eigenvalue weighted by molar-refractivity contribution is 0.0697. The number of primary amides is 1. The quantitative estimate of drug-likeness (QED) is 0.670. The Balaban J connectivity index is 2.50. The summed E-state index contributed by atoms with van der Waals surface area (Å²) < 4.78 is 1.37. The van der Waals surface area contributed by atoms with E-state index in [0.717, 1.165) is 10.1 Å². The number of aryl methyl sites for hydroxylation is 1. The van der Waals surface area contributed by atoms with Crippen LogP contribution in [0.1, 0.15) is 26.4 Å². The highest BCUT2D eigenvalue weighted by Gasteiger charge is 2.19. The van der Waals surface area contributed by atoms with Crippen LogP contribution in [0, 0.1) is 6.92 Å². The van der Waals surface area contributed by atoms with Gasteiger partial charge < -0.3 is 16.6 Å². The summed E-state index contributed by atoms with van der Waals surface area (Å²) in [5.41, 5.74) is 12.4. The van der Waals surface area contributed by atoms with Crippen LogP contribution in [0.4, 0.5) is 5.82 Å². The Bertz CT molecular complexity index is 930. The molecule has 2 aromatic heterocycles. The van der Waals surface area contributed by atoms with Gasteiger partial charge in [0.1, 0.15) is 5.82 Å². The standard InChI is InChI=1S/C14H11N3O3S/c1-5-9(13(16)18)11-10(12(15)17-5)7-3-2-6(14(19)20)4-8(7)21-11/h2-4H,1H3,(H2,15,17)(H2,16,18)(H,19,20). The summed E-state index contributed by atoms with van der Waals surface area (Å²) in [5, 5.41) is 10.5. The average Bonchev–Trinajstić information content (AvgIpc) is 2.75. The van der Waals surface area contributed by atoms with E-state index >= 15 is 0 Å². The third-order valence-corrected chi connectivity index (χ3v) is 4.49. The highest BCUT2D eigenvalue weighted by Crippen LogP contribution is 2.39. The lowest BCUT2D eigenvalue weighted by atomic mass is 10.1. The number of carbonyl (C=O) groups is 2. The van der Waals surface area contributed by atoms with Crippen molar-refractivity contribution in [3.8, 4) is 0 Å². The topological polar surface area (TPSA) is 119 Å². The zero-order valence-corrected chi connectivity index (χ0v) is 11.8. The summed E-state index contributed by atoms with van der Waals surface area (Å²) in [6.07, 6.45) is 0. The van der Waals surface area contributed by atoms with Gasteiger partial charge in [0.25, 0.3) is 5.91 Å². The number of fused-ring (bicyclic) bond motifs is 3. The molecule has 3 aromatic rings. The molecular weight excluding hydrogens is 290 g/mol. The van der Waals surface area contributed by atoms with Crippen LogP contribution < -0.4 is 11.5 Å². The minimum Gasteiger partial charge on any atom is -0.478 e. The van der Waals surface area contributed by atoms with E-state index in [1.165, 1.54) is 17.4 Å². The lowest BCUT2D eigenvalue weighted by Crippen LogP contribution is -2.14. The van der Waals surface area contributed by atoms with Gasteiger partial charge in [-0.3, -0.25) is 4.79 Å². The van der Waals surface area contributed by atoms with Gasteiger partial charge in [0.15, 0.2) is 0 Å². The first-order valence-electron chi connectivity index (χ1n) is 6.05. The molecular formula is C14H11N3O3S. The number of nitrogens with two attached hydrogens (primary N) is 2. The van der Waals surface area contributed by atoms with Crippen molar-refractivity contribution in [1.82, 2.24) is 4.98 Å². The Kier molecular flexibility index (Phi) is 2.80. The van der Waals surface area contributed by atoms with Crippen LogP contribution in [0.3, 0.4) is 0 Å². The fourth-order valence-corrected chi connectivity index (χ4v) is 3.76. The van der Waals surface area contributed by atoms with Gasteiger partial charge in [-0.1, -0.05) is 6.07 Å². The molecule has 106 valence electrons. The summed E-state index contributed by atoms with van der Waals surface area (Å²) in [4.78, 5) is 26.9. The zero-order valence-electron chi connectivity index (χ0n) is 11.0. The van der Waals surface area contributed by atoms with Crippen LogP contribution in [-0.2, 0) is 0 Å². The van der Waals surface area contributed by atoms with Crippen molar-refractivity contribution in [2.45, 2.75) is 6.92 Å². The van der Waals surface area contributed by atoms with Crippen molar-refractivity contribution in [2.75, 3.05) is 5.73 Å². The minimum absolute atomic E-state index is 0.179. The first-order chi connectivity index (χ1) is 9.90. The first-order valence-corrected chi connectivity index (χ1v) is 6.87. The third kappa shape index (κ3) is 1.90. The molecule has 3 rings (SSSR count). The van der Waals surface area contributed by atoms with Gasteiger partial charge in [0.05, 0.1) is 21.5 Å². The van der Waals surface area contributed by atoms with E-state index in [1.54, 1.807) is 19.1 Å². The van der Waals surface area contributed by atoms with E-state index in [9.17, 15) is 9.59 Å². The molecule has 7 heteroatoms. The number of aromatic carboxylic acids is 1. The van der Waals surface area contributed by atoms with Gasteiger partial charge in [-0.05, 0) is 19.1 Å². The van der Waals surface area contributed by atoms with Crippen LogP contribution in [0.2, 0.25) is 0 Å². The Labute approximate surface area is 123 Å². The van der Waals surface area contributed by atoms with Gasteiger partial charge in [-0.25, -0.2) is 9.78 Å². The van der Waals surface area contributed by atoms with E-state index < -0.39 is 11.9 Å². The highest BCUT2D eigenvalue weighted by atomic mass is 32.1. The maximum atomic E-state index is 11.7. The maximum absolute atomic E-state index is 11.7. The minimum atomic E-state index is -1.01.